The second-order valence-electron chi connectivity index (χ2n) is 7.15. The summed E-state index contributed by atoms with van der Waals surface area (Å²) in [7, 11) is 0. The van der Waals surface area contributed by atoms with Gasteiger partial charge < -0.3 is 41.4 Å². The Bertz CT molecular complexity index is 754. The number of carbonyl (C=O) groups excluding carboxylic acids is 2. The van der Waals surface area contributed by atoms with Crippen LogP contribution < -0.4 is 22.1 Å². The molecule has 0 aliphatic heterocycles. The molecule has 31 heavy (non-hydrogen) atoms. The van der Waals surface area contributed by atoms with Crippen LogP contribution in [0.4, 0.5) is 4.79 Å². The summed E-state index contributed by atoms with van der Waals surface area (Å²) in [4.78, 5) is 24.5. The van der Waals surface area contributed by atoms with Crippen LogP contribution in [-0.4, -0.2) is 61.6 Å². The van der Waals surface area contributed by atoms with Crippen molar-refractivity contribution in [2.24, 2.45) is 16.9 Å². The van der Waals surface area contributed by atoms with E-state index in [1.54, 1.807) is 0 Å². The van der Waals surface area contributed by atoms with Crippen LogP contribution in [0.2, 0.25) is 0 Å². The van der Waals surface area contributed by atoms with E-state index in [0.717, 1.165) is 11.1 Å². The zero-order valence-electron chi connectivity index (χ0n) is 17.6. The number of hydrogen-bond acceptors (Lipinski definition) is 8. The molecule has 12 heteroatoms. The minimum Gasteiger partial charge on any atom is -0.458 e. The molecule has 172 valence electrons. The van der Waals surface area contributed by atoms with Gasteiger partial charge in [0.2, 0.25) is 0 Å². The van der Waals surface area contributed by atoms with Gasteiger partial charge in [-0.1, -0.05) is 29.8 Å². The molecule has 0 heterocycles. The van der Waals surface area contributed by atoms with E-state index in [1.807, 2.05) is 31.2 Å². The summed E-state index contributed by atoms with van der Waals surface area (Å²) in [6, 6.07) is 7.37. The highest BCUT2D eigenvalue weighted by Crippen LogP contribution is 2.20. The van der Waals surface area contributed by atoms with Crippen molar-refractivity contribution in [1.29, 1.82) is 10.8 Å². The van der Waals surface area contributed by atoms with E-state index in [0.29, 0.717) is 0 Å². The van der Waals surface area contributed by atoms with Crippen LogP contribution >= 0.6 is 0 Å². The molecule has 0 spiro atoms. The molecule has 0 amide bonds. The monoisotopic (exact) mass is 438 g/mol. The summed E-state index contributed by atoms with van der Waals surface area (Å²) in [6.07, 6.45) is -1.87. The highest BCUT2D eigenvalue weighted by Gasteiger charge is 2.38. The van der Waals surface area contributed by atoms with Crippen LogP contribution in [-0.2, 0) is 25.6 Å². The van der Waals surface area contributed by atoms with Crippen molar-refractivity contribution >= 4 is 24.0 Å². The van der Waals surface area contributed by atoms with Crippen molar-refractivity contribution in [2.75, 3.05) is 26.3 Å². The summed E-state index contributed by atoms with van der Waals surface area (Å²) in [5, 5.41) is 29.1. The summed E-state index contributed by atoms with van der Waals surface area (Å²) >= 11 is 0. The Hall–Kier alpha value is -3.54. The van der Waals surface area contributed by atoms with E-state index in [4.69, 9.17) is 36.5 Å². The molecule has 0 radical (unpaired) electrons. The van der Waals surface area contributed by atoms with E-state index >= 15 is 0 Å². The van der Waals surface area contributed by atoms with Crippen LogP contribution in [0.5, 0.6) is 0 Å². The predicted octanol–water partition coefficient (Wildman–Crippen LogP) is -0.475. The van der Waals surface area contributed by atoms with E-state index in [2.05, 4.69) is 10.6 Å². The lowest BCUT2D eigenvalue weighted by atomic mass is 9.93. The number of carbonyl (C=O) groups is 2. The number of guanidine groups is 2. The quantitative estimate of drug-likeness (QED) is 0.134. The third-order valence-electron chi connectivity index (χ3n) is 4.14. The topological polar surface area (TPSA) is 206 Å². The minimum atomic E-state index is -1.56. The van der Waals surface area contributed by atoms with Gasteiger partial charge in [0.25, 0.3) is 0 Å². The maximum absolute atomic E-state index is 12.6. The summed E-state index contributed by atoms with van der Waals surface area (Å²) in [6.45, 7) is 2.06. The fourth-order valence-corrected chi connectivity index (χ4v) is 2.15. The second-order valence-corrected chi connectivity index (χ2v) is 7.15. The zero-order chi connectivity index (χ0) is 23.4. The fourth-order valence-electron chi connectivity index (χ4n) is 2.15. The molecule has 1 aromatic rings. The third-order valence-corrected chi connectivity index (χ3v) is 4.14. The van der Waals surface area contributed by atoms with Crippen LogP contribution in [0.1, 0.15) is 18.1 Å². The van der Waals surface area contributed by atoms with E-state index in [9.17, 15) is 14.7 Å². The van der Waals surface area contributed by atoms with Gasteiger partial charge >= 0.3 is 12.1 Å². The van der Waals surface area contributed by atoms with Crippen LogP contribution in [0, 0.1) is 23.2 Å². The van der Waals surface area contributed by atoms with Gasteiger partial charge in [-0.15, -0.1) is 0 Å². The molecular weight excluding hydrogens is 408 g/mol. The summed E-state index contributed by atoms with van der Waals surface area (Å²) in [5.74, 6) is -1.54. The number of ether oxygens (including phenoxy) is 3. The standard InChI is InChI=1S/C19H30N6O6/c1-12-3-5-13(6-4-12)9-29-18(28)30-11-19(2,10-26)15(27)31-14(7-24-16(20)21)8-25-17(22)23/h3-6,14,26H,7-11H2,1-2H3,(H4,20,21,24)(H4,22,23,25). The maximum Gasteiger partial charge on any atom is 0.508 e. The van der Waals surface area contributed by atoms with Gasteiger partial charge in [-0.25, -0.2) is 4.79 Å². The third kappa shape index (κ3) is 9.67. The fraction of sp³-hybridized carbons (Fsp3) is 0.474. The Morgan fingerprint density at radius 3 is 2.13 bits per heavy atom. The number of aliphatic hydroxyl groups is 1. The lowest BCUT2D eigenvalue weighted by Crippen LogP contribution is -2.48. The Balaban J connectivity index is 2.61. The van der Waals surface area contributed by atoms with E-state index < -0.39 is 36.9 Å². The normalized spacial score (nSPS) is 13.3. The molecule has 1 unspecified atom stereocenters. The Morgan fingerprint density at radius 1 is 1.10 bits per heavy atom. The molecule has 0 saturated carbocycles. The number of nitrogens with two attached hydrogens (primary N) is 2. The predicted molar refractivity (Wildman–Crippen MR) is 112 cm³/mol. The van der Waals surface area contributed by atoms with Crippen LogP contribution in [0.3, 0.4) is 0 Å². The molecule has 12 nitrogen and oxygen atoms in total. The van der Waals surface area contributed by atoms with Crippen molar-refractivity contribution in [3.05, 3.63) is 35.4 Å². The Morgan fingerprint density at radius 2 is 1.65 bits per heavy atom. The van der Waals surface area contributed by atoms with Crippen LogP contribution in [0.25, 0.3) is 0 Å². The number of esters is 1. The SMILES string of the molecule is Cc1ccc(COC(=O)OCC(C)(CO)C(=O)OC(CNC(=N)N)CNC(=N)N)cc1. The average Bonchev–Trinajstić information content (AvgIpc) is 2.73. The van der Waals surface area contributed by atoms with Crippen molar-refractivity contribution in [3.8, 4) is 0 Å². The first kappa shape index (κ1) is 25.5. The van der Waals surface area contributed by atoms with Gasteiger partial charge in [-0.3, -0.25) is 15.6 Å². The summed E-state index contributed by atoms with van der Waals surface area (Å²) < 4.78 is 15.3. The van der Waals surface area contributed by atoms with Gasteiger partial charge in [0.15, 0.2) is 11.9 Å². The Labute approximate surface area is 180 Å². The summed E-state index contributed by atoms with van der Waals surface area (Å²) in [5.41, 5.74) is 10.7. The van der Waals surface area contributed by atoms with Crippen LogP contribution in [0.15, 0.2) is 24.3 Å². The molecule has 0 aromatic heterocycles. The van der Waals surface area contributed by atoms with Crippen molar-refractivity contribution in [3.63, 3.8) is 0 Å². The maximum atomic E-state index is 12.6. The largest absolute Gasteiger partial charge is 0.508 e. The Kier molecular flexibility index (Phi) is 10.1. The van der Waals surface area contributed by atoms with Gasteiger partial charge in [-0.05, 0) is 19.4 Å². The van der Waals surface area contributed by atoms with Crippen molar-refractivity contribution in [2.45, 2.75) is 26.6 Å². The average molecular weight is 438 g/mol. The molecule has 0 aliphatic rings. The highest BCUT2D eigenvalue weighted by molar-refractivity contribution is 5.78. The molecule has 0 bridgehead atoms. The van der Waals surface area contributed by atoms with Gasteiger partial charge in [0, 0.05) is 0 Å². The highest BCUT2D eigenvalue weighted by atomic mass is 16.7. The van der Waals surface area contributed by atoms with Crippen molar-refractivity contribution in [1.82, 2.24) is 10.6 Å². The first-order valence-corrected chi connectivity index (χ1v) is 9.38. The second kappa shape index (κ2) is 12.2. The lowest BCUT2D eigenvalue weighted by Gasteiger charge is -2.28. The first-order valence-electron chi connectivity index (χ1n) is 9.38. The van der Waals surface area contributed by atoms with Gasteiger partial charge in [-0.2, -0.15) is 0 Å². The molecule has 1 atom stereocenters. The number of aryl methyl sites for hydroxylation is 1. The number of hydrogen-bond donors (Lipinski definition) is 7. The van der Waals surface area contributed by atoms with Gasteiger partial charge in [0.05, 0.1) is 19.7 Å². The minimum absolute atomic E-state index is 0.00505. The number of aliphatic hydroxyl groups excluding tert-OH is 1. The molecule has 0 fully saturated rings. The molecule has 1 aromatic carbocycles. The smallest absolute Gasteiger partial charge is 0.458 e. The molecule has 1 rings (SSSR count). The van der Waals surface area contributed by atoms with Gasteiger partial charge in [0.1, 0.15) is 24.7 Å². The number of nitrogens with one attached hydrogen (secondary N) is 4. The molecule has 0 aliphatic carbocycles. The number of benzene rings is 1. The van der Waals surface area contributed by atoms with E-state index in [1.165, 1.54) is 6.92 Å². The van der Waals surface area contributed by atoms with E-state index in [-0.39, 0.29) is 31.6 Å². The number of rotatable bonds is 11. The first-order chi connectivity index (χ1) is 14.6. The zero-order valence-corrected chi connectivity index (χ0v) is 17.6. The molecular formula is C19H30N6O6. The van der Waals surface area contributed by atoms with Crippen molar-refractivity contribution < 1.29 is 28.9 Å². The molecule has 0 saturated heterocycles. The molecule has 9 N–H and O–H groups in total. The lowest BCUT2D eigenvalue weighted by molar-refractivity contribution is -0.165.